The van der Waals surface area contributed by atoms with E-state index in [0.29, 0.717) is 5.56 Å². The highest BCUT2D eigenvalue weighted by Gasteiger charge is 2.14. The SMILES string of the molecule is CN(Cc1ccc(F)cc1F)C(=O)c1cccc(I)c1. The maximum atomic E-state index is 13.6. The molecule has 0 spiro atoms. The second kappa shape index (κ2) is 6.30. The predicted molar refractivity (Wildman–Crippen MR) is 81.3 cm³/mol. The number of halogens is 3. The minimum atomic E-state index is -0.646. The van der Waals surface area contributed by atoms with E-state index in [1.165, 1.54) is 17.0 Å². The molecular formula is C15H12F2INO. The van der Waals surface area contributed by atoms with Crippen molar-refractivity contribution in [3.8, 4) is 0 Å². The van der Waals surface area contributed by atoms with Gasteiger partial charge in [-0.3, -0.25) is 4.79 Å². The van der Waals surface area contributed by atoms with Crippen molar-refractivity contribution in [3.05, 3.63) is 68.8 Å². The van der Waals surface area contributed by atoms with E-state index in [9.17, 15) is 13.6 Å². The molecule has 2 aromatic carbocycles. The molecule has 104 valence electrons. The zero-order chi connectivity index (χ0) is 14.7. The normalized spacial score (nSPS) is 10.4. The van der Waals surface area contributed by atoms with Crippen LogP contribution < -0.4 is 0 Å². The van der Waals surface area contributed by atoms with Crippen molar-refractivity contribution in [3.63, 3.8) is 0 Å². The van der Waals surface area contributed by atoms with Crippen molar-refractivity contribution in [2.75, 3.05) is 7.05 Å². The van der Waals surface area contributed by atoms with Gasteiger partial charge in [0, 0.05) is 34.4 Å². The molecule has 0 radical (unpaired) electrons. The fraction of sp³-hybridized carbons (Fsp3) is 0.133. The predicted octanol–water partition coefficient (Wildman–Crippen LogP) is 3.84. The molecule has 2 rings (SSSR count). The summed E-state index contributed by atoms with van der Waals surface area (Å²) in [7, 11) is 1.59. The van der Waals surface area contributed by atoms with Crippen LogP contribution in [0.5, 0.6) is 0 Å². The lowest BCUT2D eigenvalue weighted by Crippen LogP contribution is -2.26. The van der Waals surface area contributed by atoms with Crippen LogP contribution in [0.3, 0.4) is 0 Å². The number of hydrogen-bond donors (Lipinski definition) is 0. The molecule has 0 aliphatic carbocycles. The second-order valence-electron chi connectivity index (χ2n) is 4.41. The van der Waals surface area contributed by atoms with Crippen LogP contribution in [0, 0.1) is 15.2 Å². The highest BCUT2D eigenvalue weighted by Crippen LogP contribution is 2.14. The highest BCUT2D eigenvalue weighted by atomic mass is 127. The second-order valence-corrected chi connectivity index (χ2v) is 5.65. The average molecular weight is 387 g/mol. The third-order valence-electron chi connectivity index (χ3n) is 2.84. The topological polar surface area (TPSA) is 20.3 Å². The number of amides is 1. The summed E-state index contributed by atoms with van der Waals surface area (Å²) in [5.41, 5.74) is 0.829. The van der Waals surface area contributed by atoms with Gasteiger partial charge in [0.05, 0.1) is 0 Å². The first-order chi connectivity index (χ1) is 9.47. The first-order valence-corrected chi connectivity index (χ1v) is 7.00. The molecule has 0 aromatic heterocycles. The van der Waals surface area contributed by atoms with Gasteiger partial charge in [0.15, 0.2) is 0 Å². The molecule has 0 aliphatic heterocycles. The van der Waals surface area contributed by atoms with Crippen LogP contribution in [0.2, 0.25) is 0 Å². The molecule has 0 atom stereocenters. The fourth-order valence-electron chi connectivity index (χ4n) is 1.82. The Morgan fingerprint density at radius 3 is 2.60 bits per heavy atom. The smallest absolute Gasteiger partial charge is 0.253 e. The van der Waals surface area contributed by atoms with Gasteiger partial charge in [0.1, 0.15) is 11.6 Å². The number of benzene rings is 2. The molecule has 20 heavy (non-hydrogen) atoms. The molecule has 0 bridgehead atoms. The quantitative estimate of drug-likeness (QED) is 0.733. The summed E-state index contributed by atoms with van der Waals surface area (Å²) >= 11 is 2.12. The van der Waals surface area contributed by atoms with Gasteiger partial charge in [-0.25, -0.2) is 8.78 Å². The fourth-order valence-corrected chi connectivity index (χ4v) is 2.36. The molecule has 0 fully saturated rings. The lowest BCUT2D eigenvalue weighted by atomic mass is 10.1. The van der Waals surface area contributed by atoms with Crippen LogP contribution >= 0.6 is 22.6 Å². The maximum Gasteiger partial charge on any atom is 0.253 e. The number of carbonyl (C=O) groups excluding carboxylic acids is 1. The largest absolute Gasteiger partial charge is 0.337 e. The van der Waals surface area contributed by atoms with Gasteiger partial charge in [-0.1, -0.05) is 12.1 Å². The molecule has 0 heterocycles. The number of nitrogens with zero attached hydrogens (tertiary/aromatic N) is 1. The minimum Gasteiger partial charge on any atom is -0.337 e. The summed E-state index contributed by atoms with van der Waals surface area (Å²) in [5.74, 6) is -1.47. The zero-order valence-electron chi connectivity index (χ0n) is 10.7. The molecule has 0 aliphatic rings. The van der Waals surface area contributed by atoms with Crippen LogP contribution in [0.4, 0.5) is 8.78 Å². The summed E-state index contributed by atoms with van der Waals surface area (Å²) in [6.07, 6.45) is 0. The third-order valence-corrected chi connectivity index (χ3v) is 3.51. The Hall–Kier alpha value is -1.50. The summed E-state index contributed by atoms with van der Waals surface area (Å²) in [4.78, 5) is 13.6. The Balaban J connectivity index is 2.15. The van der Waals surface area contributed by atoms with Crippen molar-refractivity contribution in [2.24, 2.45) is 0 Å². The highest BCUT2D eigenvalue weighted by molar-refractivity contribution is 14.1. The standard InChI is InChI=1S/C15H12F2INO/c1-19(9-11-5-6-12(16)8-14(11)17)15(20)10-3-2-4-13(18)7-10/h2-8H,9H2,1H3. The van der Waals surface area contributed by atoms with Crippen LogP contribution in [-0.2, 0) is 6.54 Å². The molecule has 2 nitrogen and oxygen atoms in total. The van der Waals surface area contributed by atoms with Crippen molar-refractivity contribution in [2.45, 2.75) is 6.54 Å². The van der Waals surface area contributed by atoms with E-state index in [4.69, 9.17) is 0 Å². The monoisotopic (exact) mass is 387 g/mol. The van der Waals surface area contributed by atoms with Gasteiger partial charge in [0.25, 0.3) is 5.91 Å². The van der Waals surface area contributed by atoms with Crippen LogP contribution in [-0.4, -0.2) is 17.9 Å². The molecule has 0 saturated heterocycles. The van der Waals surface area contributed by atoms with Crippen molar-refractivity contribution < 1.29 is 13.6 Å². The number of rotatable bonds is 3. The van der Waals surface area contributed by atoms with E-state index in [2.05, 4.69) is 22.6 Å². The summed E-state index contributed by atoms with van der Waals surface area (Å²) in [5, 5.41) is 0. The molecule has 5 heteroatoms. The minimum absolute atomic E-state index is 0.0937. The third kappa shape index (κ3) is 3.53. The lowest BCUT2D eigenvalue weighted by molar-refractivity contribution is 0.0784. The molecule has 0 N–H and O–H groups in total. The summed E-state index contributed by atoms with van der Waals surface area (Å²) < 4.78 is 27.3. The van der Waals surface area contributed by atoms with Crippen molar-refractivity contribution in [1.29, 1.82) is 0 Å². The van der Waals surface area contributed by atoms with E-state index in [1.807, 2.05) is 6.07 Å². The van der Waals surface area contributed by atoms with E-state index in [0.717, 1.165) is 9.64 Å². The van der Waals surface area contributed by atoms with Gasteiger partial charge in [-0.15, -0.1) is 0 Å². The van der Waals surface area contributed by atoms with Gasteiger partial charge >= 0.3 is 0 Å². The zero-order valence-corrected chi connectivity index (χ0v) is 12.9. The van der Waals surface area contributed by atoms with Crippen molar-refractivity contribution >= 4 is 28.5 Å². The summed E-state index contributed by atoms with van der Waals surface area (Å²) in [6, 6.07) is 10.5. The Morgan fingerprint density at radius 1 is 1.20 bits per heavy atom. The van der Waals surface area contributed by atoms with Gasteiger partial charge in [-0.2, -0.15) is 0 Å². The van der Waals surface area contributed by atoms with Gasteiger partial charge in [-0.05, 0) is 46.9 Å². The van der Waals surface area contributed by atoms with Gasteiger partial charge < -0.3 is 4.90 Å². The van der Waals surface area contributed by atoms with Gasteiger partial charge in [0.2, 0.25) is 0 Å². The maximum absolute atomic E-state index is 13.6. The number of carbonyl (C=O) groups is 1. The number of hydrogen-bond acceptors (Lipinski definition) is 1. The molecular weight excluding hydrogens is 375 g/mol. The van der Waals surface area contributed by atoms with E-state index >= 15 is 0 Å². The van der Waals surface area contributed by atoms with Crippen LogP contribution in [0.25, 0.3) is 0 Å². The first kappa shape index (κ1) is 14.9. The van der Waals surface area contributed by atoms with E-state index in [-0.39, 0.29) is 18.0 Å². The lowest BCUT2D eigenvalue weighted by Gasteiger charge is -2.18. The average Bonchev–Trinajstić information content (AvgIpc) is 2.41. The Labute approximate surface area is 129 Å². The van der Waals surface area contributed by atoms with Crippen LogP contribution in [0.15, 0.2) is 42.5 Å². The van der Waals surface area contributed by atoms with E-state index in [1.54, 1.807) is 25.2 Å². The van der Waals surface area contributed by atoms with E-state index < -0.39 is 11.6 Å². The summed E-state index contributed by atoms with van der Waals surface area (Å²) in [6.45, 7) is 0.0937. The van der Waals surface area contributed by atoms with Crippen LogP contribution in [0.1, 0.15) is 15.9 Å². The molecule has 0 saturated carbocycles. The Bertz CT molecular complexity index is 646. The molecule has 2 aromatic rings. The van der Waals surface area contributed by atoms with Crippen molar-refractivity contribution in [1.82, 2.24) is 4.90 Å². The first-order valence-electron chi connectivity index (χ1n) is 5.92. The molecule has 1 amide bonds. The Kier molecular flexibility index (Phi) is 4.69. The Morgan fingerprint density at radius 2 is 1.95 bits per heavy atom. The molecule has 0 unspecified atom stereocenters.